The van der Waals surface area contributed by atoms with Gasteiger partial charge in [-0.2, -0.15) is 0 Å². The van der Waals surface area contributed by atoms with Crippen LogP contribution in [0.25, 0.3) is 0 Å². The van der Waals surface area contributed by atoms with E-state index in [0.717, 1.165) is 25.7 Å². The molecule has 1 fully saturated rings. The minimum absolute atomic E-state index is 0.0538. The van der Waals surface area contributed by atoms with Crippen molar-refractivity contribution in [3.8, 4) is 0 Å². The zero-order chi connectivity index (χ0) is 9.90. The predicted octanol–water partition coefficient (Wildman–Crippen LogP) is 1.46. The molecule has 0 unspecified atom stereocenters. The van der Waals surface area contributed by atoms with Crippen molar-refractivity contribution in [2.75, 3.05) is 6.61 Å². The highest BCUT2D eigenvalue weighted by Crippen LogP contribution is 2.36. The van der Waals surface area contributed by atoms with Crippen LogP contribution in [0.3, 0.4) is 0 Å². The molecule has 0 atom stereocenters. The maximum Gasteiger partial charge on any atom is 0.311 e. The van der Waals surface area contributed by atoms with E-state index in [1.165, 1.54) is 0 Å². The Hall–Kier alpha value is -0.570. The number of hydrogen-bond donors (Lipinski definition) is 1. The molecule has 0 aromatic carbocycles. The van der Waals surface area contributed by atoms with Gasteiger partial charge in [0, 0.05) is 6.04 Å². The second kappa shape index (κ2) is 4.09. The van der Waals surface area contributed by atoms with E-state index in [1.54, 1.807) is 0 Å². The molecule has 3 nitrogen and oxygen atoms in total. The number of rotatable bonds is 2. The highest BCUT2D eigenvalue weighted by molar-refractivity contribution is 5.76. The highest BCUT2D eigenvalue weighted by Gasteiger charge is 2.37. The summed E-state index contributed by atoms with van der Waals surface area (Å²) in [6.45, 7) is 4.30. The van der Waals surface area contributed by atoms with Gasteiger partial charge in [0.15, 0.2) is 0 Å². The molecule has 13 heavy (non-hydrogen) atoms. The van der Waals surface area contributed by atoms with Crippen molar-refractivity contribution in [3.05, 3.63) is 0 Å². The lowest BCUT2D eigenvalue weighted by molar-refractivity contribution is -0.156. The van der Waals surface area contributed by atoms with Crippen molar-refractivity contribution in [2.45, 2.75) is 45.6 Å². The number of ether oxygens (including phenoxy) is 1. The third-order valence-corrected chi connectivity index (χ3v) is 2.90. The van der Waals surface area contributed by atoms with E-state index in [4.69, 9.17) is 10.5 Å². The van der Waals surface area contributed by atoms with Gasteiger partial charge in [0.05, 0.1) is 12.0 Å². The highest BCUT2D eigenvalue weighted by atomic mass is 16.5. The van der Waals surface area contributed by atoms with Gasteiger partial charge >= 0.3 is 5.97 Å². The predicted molar refractivity (Wildman–Crippen MR) is 51.2 cm³/mol. The average Bonchev–Trinajstić information content (AvgIpc) is 2.11. The lowest BCUT2D eigenvalue weighted by Crippen LogP contribution is -2.38. The summed E-state index contributed by atoms with van der Waals surface area (Å²) in [7, 11) is 0. The standard InChI is InChI=1S/C10H19NO2/c1-3-13-9(12)10(2)6-4-8(11)5-7-10/h8H,3-7,11H2,1-2H3/t8-,10-. The van der Waals surface area contributed by atoms with Crippen LogP contribution in [-0.2, 0) is 9.53 Å². The molecule has 0 aliphatic heterocycles. The summed E-state index contributed by atoms with van der Waals surface area (Å²) in [5, 5.41) is 0. The van der Waals surface area contributed by atoms with E-state index >= 15 is 0 Å². The summed E-state index contributed by atoms with van der Waals surface area (Å²) in [4.78, 5) is 11.6. The fraction of sp³-hybridized carbons (Fsp3) is 0.900. The minimum atomic E-state index is -0.272. The smallest absolute Gasteiger partial charge is 0.311 e. The topological polar surface area (TPSA) is 52.3 Å². The van der Waals surface area contributed by atoms with Gasteiger partial charge in [-0.25, -0.2) is 0 Å². The fourth-order valence-corrected chi connectivity index (χ4v) is 1.79. The van der Waals surface area contributed by atoms with Crippen LogP contribution in [0.2, 0.25) is 0 Å². The van der Waals surface area contributed by atoms with Crippen LogP contribution in [0.15, 0.2) is 0 Å². The van der Waals surface area contributed by atoms with Crippen LogP contribution in [0.4, 0.5) is 0 Å². The Labute approximate surface area is 79.6 Å². The Morgan fingerprint density at radius 2 is 2.08 bits per heavy atom. The molecule has 0 bridgehead atoms. The van der Waals surface area contributed by atoms with E-state index in [0.29, 0.717) is 6.61 Å². The average molecular weight is 185 g/mol. The molecule has 1 saturated carbocycles. The van der Waals surface area contributed by atoms with Crippen LogP contribution >= 0.6 is 0 Å². The zero-order valence-corrected chi connectivity index (χ0v) is 8.51. The monoisotopic (exact) mass is 185 g/mol. The van der Waals surface area contributed by atoms with E-state index in [2.05, 4.69) is 0 Å². The third-order valence-electron chi connectivity index (χ3n) is 2.90. The number of carbonyl (C=O) groups is 1. The first kappa shape index (κ1) is 10.5. The lowest BCUT2D eigenvalue weighted by Gasteiger charge is -2.33. The van der Waals surface area contributed by atoms with Crippen LogP contribution in [0.1, 0.15) is 39.5 Å². The molecule has 76 valence electrons. The summed E-state index contributed by atoms with van der Waals surface area (Å²) in [6, 6.07) is 0.280. The Morgan fingerprint density at radius 3 is 2.54 bits per heavy atom. The molecule has 0 spiro atoms. The van der Waals surface area contributed by atoms with Crippen molar-refractivity contribution >= 4 is 5.97 Å². The molecule has 1 rings (SSSR count). The first-order valence-corrected chi connectivity index (χ1v) is 5.01. The Balaban J connectivity index is 2.51. The molecular weight excluding hydrogens is 166 g/mol. The van der Waals surface area contributed by atoms with E-state index in [-0.39, 0.29) is 17.4 Å². The van der Waals surface area contributed by atoms with Gasteiger partial charge in [-0.15, -0.1) is 0 Å². The van der Waals surface area contributed by atoms with Crippen LogP contribution in [0.5, 0.6) is 0 Å². The first-order valence-electron chi connectivity index (χ1n) is 5.01. The Kier molecular flexibility index (Phi) is 3.31. The molecule has 0 saturated heterocycles. The Morgan fingerprint density at radius 1 is 1.54 bits per heavy atom. The molecule has 0 aromatic heterocycles. The summed E-state index contributed by atoms with van der Waals surface area (Å²) >= 11 is 0. The van der Waals surface area contributed by atoms with Gasteiger partial charge in [-0.3, -0.25) is 4.79 Å². The second-order valence-electron chi connectivity index (χ2n) is 4.12. The van der Waals surface area contributed by atoms with Crippen molar-refractivity contribution < 1.29 is 9.53 Å². The number of hydrogen-bond acceptors (Lipinski definition) is 3. The molecule has 1 aliphatic carbocycles. The Bertz CT molecular complexity index is 183. The SMILES string of the molecule is CCOC(=O)[C@]1(C)CC[C@@H](N)CC1. The molecule has 0 amide bonds. The van der Waals surface area contributed by atoms with Crippen molar-refractivity contribution in [1.29, 1.82) is 0 Å². The van der Waals surface area contributed by atoms with Gasteiger partial charge < -0.3 is 10.5 Å². The van der Waals surface area contributed by atoms with Gasteiger partial charge in [0.25, 0.3) is 0 Å². The van der Waals surface area contributed by atoms with Gasteiger partial charge in [-0.1, -0.05) is 0 Å². The first-order chi connectivity index (χ1) is 6.08. The number of nitrogens with two attached hydrogens (primary N) is 1. The summed E-state index contributed by atoms with van der Waals surface area (Å²) in [5.41, 5.74) is 5.51. The van der Waals surface area contributed by atoms with Crippen molar-refractivity contribution in [3.63, 3.8) is 0 Å². The zero-order valence-electron chi connectivity index (χ0n) is 8.51. The summed E-state index contributed by atoms with van der Waals surface area (Å²) in [5.74, 6) is -0.0538. The summed E-state index contributed by atoms with van der Waals surface area (Å²) in [6.07, 6.45) is 3.62. The molecular formula is C10H19NO2. The van der Waals surface area contributed by atoms with E-state index < -0.39 is 0 Å². The van der Waals surface area contributed by atoms with E-state index in [9.17, 15) is 4.79 Å². The second-order valence-corrected chi connectivity index (χ2v) is 4.12. The van der Waals surface area contributed by atoms with Crippen molar-refractivity contribution in [2.24, 2.45) is 11.1 Å². The van der Waals surface area contributed by atoms with Crippen LogP contribution in [0, 0.1) is 5.41 Å². The molecule has 0 heterocycles. The van der Waals surface area contributed by atoms with Crippen molar-refractivity contribution in [1.82, 2.24) is 0 Å². The normalized spacial score (nSPS) is 34.2. The maximum atomic E-state index is 11.6. The number of carbonyl (C=O) groups excluding carboxylic acids is 1. The summed E-state index contributed by atoms with van der Waals surface area (Å²) < 4.78 is 5.04. The molecule has 0 radical (unpaired) electrons. The maximum absolute atomic E-state index is 11.6. The minimum Gasteiger partial charge on any atom is -0.466 e. The lowest BCUT2D eigenvalue weighted by atomic mass is 9.74. The van der Waals surface area contributed by atoms with Crippen LogP contribution in [-0.4, -0.2) is 18.6 Å². The third kappa shape index (κ3) is 2.44. The molecule has 2 N–H and O–H groups in total. The van der Waals surface area contributed by atoms with E-state index in [1.807, 2.05) is 13.8 Å². The van der Waals surface area contributed by atoms with Gasteiger partial charge in [0.2, 0.25) is 0 Å². The number of esters is 1. The molecule has 1 aliphatic rings. The van der Waals surface area contributed by atoms with Crippen LogP contribution < -0.4 is 5.73 Å². The molecule has 0 aromatic rings. The van der Waals surface area contributed by atoms with Gasteiger partial charge in [0.1, 0.15) is 0 Å². The largest absolute Gasteiger partial charge is 0.466 e. The molecule has 3 heteroatoms. The fourth-order valence-electron chi connectivity index (χ4n) is 1.79. The van der Waals surface area contributed by atoms with Gasteiger partial charge in [-0.05, 0) is 39.5 Å². The quantitative estimate of drug-likeness (QED) is 0.662.